The van der Waals surface area contributed by atoms with Gasteiger partial charge in [0, 0.05) is 32.1 Å². The first-order valence-electron chi connectivity index (χ1n) is 11.9. The van der Waals surface area contributed by atoms with Crippen LogP contribution in [0.1, 0.15) is 36.3 Å². The second-order valence-electron chi connectivity index (χ2n) is 9.45. The standard InChI is InChI=1S/C26H29F2N3O3/c27-20-5-1-17(2-6-20)25(18-3-7-21(28)8-4-18)19-9-12-30(13-10-19)26(33)31-14-11-23-22(15-31)29-24(32)16-34-23/h1-8,19,22-23,25H,9-16H2,(H,29,32)/t22-,23-/m1/s1. The molecule has 3 amide bonds. The lowest BCUT2D eigenvalue weighted by Gasteiger charge is -2.44. The summed E-state index contributed by atoms with van der Waals surface area (Å²) in [5.41, 5.74) is 1.99. The summed E-state index contributed by atoms with van der Waals surface area (Å²) in [5.74, 6) is -0.458. The van der Waals surface area contributed by atoms with Gasteiger partial charge in [-0.25, -0.2) is 13.6 Å². The second kappa shape index (κ2) is 9.70. The van der Waals surface area contributed by atoms with Crippen molar-refractivity contribution in [2.45, 2.75) is 37.3 Å². The number of piperidine rings is 2. The van der Waals surface area contributed by atoms with Crippen molar-refractivity contribution in [2.24, 2.45) is 5.92 Å². The highest BCUT2D eigenvalue weighted by Crippen LogP contribution is 2.38. The predicted octanol–water partition coefficient (Wildman–Crippen LogP) is 3.52. The van der Waals surface area contributed by atoms with Gasteiger partial charge in [0.1, 0.15) is 18.2 Å². The minimum absolute atomic E-state index is 0.00293. The molecular weight excluding hydrogens is 440 g/mol. The lowest BCUT2D eigenvalue weighted by molar-refractivity contribution is -0.139. The Morgan fingerprint density at radius 2 is 1.44 bits per heavy atom. The van der Waals surface area contributed by atoms with Crippen molar-refractivity contribution in [3.05, 3.63) is 71.3 Å². The summed E-state index contributed by atoms with van der Waals surface area (Å²) in [4.78, 5) is 28.6. The number of hydrogen-bond donors (Lipinski definition) is 1. The molecule has 0 radical (unpaired) electrons. The first kappa shape index (κ1) is 22.8. The van der Waals surface area contributed by atoms with Crippen molar-refractivity contribution in [3.8, 4) is 0 Å². The molecule has 3 aliphatic rings. The summed E-state index contributed by atoms with van der Waals surface area (Å²) in [6.07, 6.45) is 2.28. The number of fused-ring (bicyclic) bond motifs is 1. The summed E-state index contributed by atoms with van der Waals surface area (Å²) in [7, 11) is 0. The van der Waals surface area contributed by atoms with Gasteiger partial charge in [0.05, 0.1) is 12.1 Å². The molecule has 6 nitrogen and oxygen atoms in total. The van der Waals surface area contributed by atoms with E-state index in [4.69, 9.17) is 4.74 Å². The number of urea groups is 1. The third-order valence-corrected chi connectivity index (χ3v) is 7.33. The highest BCUT2D eigenvalue weighted by Gasteiger charge is 2.38. The first-order chi connectivity index (χ1) is 16.5. The zero-order valence-electron chi connectivity index (χ0n) is 19.0. The maximum atomic E-state index is 13.6. The number of carbonyl (C=O) groups is 2. The quantitative estimate of drug-likeness (QED) is 0.749. The lowest BCUT2D eigenvalue weighted by atomic mass is 9.76. The maximum absolute atomic E-state index is 13.6. The Morgan fingerprint density at radius 3 is 2.03 bits per heavy atom. The Kier molecular flexibility index (Phi) is 6.50. The molecule has 34 heavy (non-hydrogen) atoms. The fraction of sp³-hybridized carbons (Fsp3) is 0.462. The molecule has 2 atom stereocenters. The van der Waals surface area contributed by atoms with Crippen LogP contribution in [0.3, 0.4) is 0 Å². The van der Waals surface area contributed by atoms with Crippen LogP contribution in [0.15, 0.2) is 48.5 Å². The highest BCUT2D eigenvalue weighted by molar-refractivity contribution is 5.79. The van der Waals surface area contributed by atoms with Gasteiger partial charge >= 0.3 is 6.03 Å². The zero-order valence-corrected chi connectivity index (χ0v) is 19.0. The summed E-state index contributed by atoms with van der Waals surface area (Å²) >= 11 is 0. The van der Waals surface area contributed by atoms with Crippen molar-refractivity contribution >= 4 is 11.9 Å². The second-order valence-corrected chi connectivity index (χ2v) is 9.45. The van der Waals surface area contributed by atoms with Crippen LogP contribution in [0, 0.1) is 17.6 Å². The number of carbonyl (C=O) groups excluding carboxylic acids is 2. The monoisotopic (exact) mass is 469 g/mol. The first-order valence-corrected chi connectivity index (χ1v) is 11.9. The van der Waals surface area contributed by atoms with Crippen LogP contribution in [-0.4, -0.2) is 66.7 Å². The van der Waals surface area contributed by atoms with Crippen molar-refractivity contribution in [1.82, 2.24) is 15.1 Å². The summed E-state index contributed by atoms with van der Waals surface area (Å²) in [6, 6.07) is 12.9. The molecule has 5 rings (SSSR count). The number of halogens is 2. The molecule has 3 aliphatic heterocycles. The van der Waals surface area contributed by atoms with E-state index in [9.17, 15) is 18.4 Å². The molecule has 0 aromatic heterocycles. The van der Waals surface area contributed by atoms with Gasteiger partial charge in [-0.2, -0.15) is 0 Å². The molecule has 3 heterocycles. The largest absolute Gasteiger partial charge is 0.366 e. The third-order valence-electron chi connectivity index (χ3n) is 7.33. The van der Waals surface area contributed by atoms with E-state index in [-0.39, 0.29) is 54.2 Å². The van der Waals surface area contributed by atoms with Gasteiger partial charge in [-0.3, -0.25) is 4.79 Å². The Hall–Kier alpha value is -3.00. The molecule has 3 saturated heterocycles. The SMILES string of the molecule is O=C1CO[C@@H]2CCN(C(=O)N3CCC(C(c4ccc(F)cc4)c4ccc(F)cc4)CC3)C[C@H]2N1. The molecule has 0 bridgehead atoms. The number of rotatable bonds is 3. The van der Waals surface area contributed by atoms with E-state index < -0.39 is 0 Å². The van der Waals surface area contributed by atoms with Crippen LogP contribution < -0.4 is 5.32 Å². The minimum Gasteiger partial charge on any atom is -0.366 e. The normalized spacial score (nSPS) is 23.6. The van der Waals surface area contributed by atoms with E-state index in [1.54, 1.807) is 24.3 Å². The van der Waals surface area contributed by atoms with Crippen LogP contribution in [0.5, 0.6) is 0 Å². The molecule has 0 saturated carbocycles. The average molecular weight is 470 g/mol. The molecular formula is C26H29F2N3O3. The van der Waals surface area contributed by atoms with Crippen molar-refractivity contribution in [1.29, 1.82) is 0 Å². The third kappa shape index (κ3) is 4.78. The Balaban J connectivity index is 1.26. The van der Waals surface area contributed by atoms with Gasteiger partial charge in [0.25, 0.3) is 0 Å². The maximum Gasteiger partial charge on any atom is 0.320 e. The molecule has 2 aromatic carbocycles. The van der Waals surface area contributed by atoms with Crippen LogP contribution in [0.2, 0.25) is 0 Å². The number of benzene rings is 2. The van der Waals surface area contributed by atoms with Gasteiger partial charge < -0.3 is 19.9 Å². The zero-order chi connectivity index (χ0) is 23.7. The summed E-state index contributed by atoms with van der Waals surface area (Å²) < 4.78 is 32.7. The molecule has 3 fully saturated rings. The topological polar surface area (TPSA) is 61.9 Å². The number of ether oxygens (including phenoxy) is 1. The number of amides is 3. The molecule has 180 valence electrons. The number of nitrogens with zero attached hydrogens (tertiary/aromatic N) is 2. The minimum atomic E-state index is -0.287. The van der Waals surface area contributed by atoms with Gasteiger partial charge in [0.2, 0.25) is 5.91 Å². The van der Waals surface area contributed by atoms with E-state index in [2.05, 4.69) is 5.32 Å². The van der Waals surface area contributed by atoms with Crippen LogP contribution in [-0.2, 0) is 9.53 Å². The van der Waals surface area contributed by atoms with Gasteiger partial charge in [0.15, 0.2) is 0 Å². The predicted molar refractivity (Wildman–Crippen MR) is 122 cm³/mol. The van der Waals surface area contributed by atoms with E-state index in [1.165, 1.54) is 24.3 Å². The summed E-state index contributed by atoms with van der Waals surface area (Å²) in [5, 5.41) is 2.94. The number of likely N-dealkylation sites (tertiary alicyclic amines) is 2. The van der Waals surface area contributed by atoms with Crippen LogP contribution >= 0.6 is 0 Å². The molecule has 1 N–H and O–H groups in total. The smallest absolute Gasteiger partial charge is 0.320 e. The van der Waals surface area contributed by atoms with E-state index >= 15 is 0 Å². The molecule has 0 spiro atoms. The Labute approximate surface area is 197 Å². The van der Waals surface area contributed by atoms with Crippen molar-refractivity contribution in [2.75, 3.05) is 32.8 Å². The average Bonchev–Trinajstić information content (AvgIpc) is 2.86. The molecule has 8 heteroatoms. The van der Waals surface area contributed by atoms with Gasteiger partial charge in [-0.05, 0) is 60.6 Å². The Morgan fingerprint density at radius 1 is 0.882 bits per heavy atom. The summed E-state index contributed by atoms with van der Waals surface area (Å²) in [6.45, 7) is 2.41. The Bertz CT molecular complexity index is 977. The van der Waals surface area contributed by atoms with Crippen LogP contribution in [0.25, 0.3) is 0 Å². The van der Waals surface area contributed by atoms with Gasteiger partial charge in [-0.15, -0.1) is 0 Å². The fourth-order valence-corrected chi connectivity index (χ4v) is 5.57. The lowest BCUT2D eigenvalue weighted by Crippen LogP contribution is -2.62. The number of nitrogens with one attached hydrogen (secondary N) is 1. The highest BCUT2D eigenvalue weighted by atomic mass is 19.1. The van der Waals surface area contributed by atoms with Gasteiger partial charge in [-0.1, -0.05) is 24.3 Å². The van der Waals surface area contributed by atoms with E-state index in [0.29, 0.717) is 32.6 Å². The fourth-order valence-electron chi connectivity index (χ4n) is 5.57. The molecule has 0 aliphatic carbocycles. The van der Waals surface area contributed by atoms with E-state index in [1.807, 2.05) is 9.80 Å². The van der Waals surface area contributed by atoms with Crippen molar-refractivity contribution < 1.29 is 23.1 Å². The molecule has 0 unspecified atom stereocenters. The molecule has 2 aromatic rings. The van der Waals surface area contributed by atoms with Crippen molar-refractivity contribution in [3.63, 3.8) is 0 Å². The number of hydrogen-bond acceptors (Lipinski definition) is 3. The van der Waals surface area contributed by atoms with E-state index in [0.717, 1.165) is 24.0 Å². The number of morpholine rings is 1. The van der Waals surface area contributed by atoms with Crippen LogP contribution in [0.4, 0.5) is 13.6 Å².